The van der Waals surface area contributed by atoms with Gasteiger partial charge in [-0.25, -0.2) is 0 Å². The molecule has 206 valence electrons. The SMILES string of the molecule is CCCCCCCCCCCCCCCCCCC(O)COCCOCCOCCOCCO. The Morgan fingerprint density at radius 2 is 0.824 bits per heavy atom. The summed E-state index contributed by atoms with van der Waals surface area (Å²) >= 11 is 0. The van der Waals surface area contributed by atoms with Gasteiger partial charge in [0.25, 0.3) is 0 Å². The van der Waals surface area contributed by atoms with Crippen LogP contribution in [0.2, 0.25) is 0 Å². The number of ether oxygens (including phenoxy) is 4. The number of rotatable bonds is 30. The average Bonchev–Trinajstić information content (AvgIpc) is 2.84. The lowest BCUT2D eigenvalue weighted by atomic mass is 10.0. The monoisotopic (exact) mass is 490 g/mol. The maximum absolute atomic E-state index is 10.0. The topological polar surface area (TPSA) is 77.4 Å². The molecule has 6 nitrogen and oxygen atoms in total. The third-order valence-electron chi connectivity index (χ3n) is 6.05. The van der Waals surface area contributed by atoms with Gasteiger partial charge in [-0.05, 0) is 6.42 Å². The van der Waals surface area contributed by atoms with E-state index in [1.54, 1.807) is 0 Å². The van der Waals surface area contributed by atoms with E-state index in [2.05, 4.69) is 6.92 Å². The van der Waals surface area contributed by atoms with E-state index >= 15 is 0 Å². The van der Waals surface area contributed by atoms with Gasteiger partial charge in [0.15, 0.2) is 0 Å². The van der Waals surface area contributed by atoms with Gasteiger partial charge in [-0.1, -0.05) is 110 Å². The molecule has 0 aromatic rings. The summed E-state index contributed by atoms with van der Waals surface area (Å²) in [6.07, 6.45) is 22.3. The molecule has 0 aliphatic rings. The second-order valence-corrected chi connectivity index (χ2v) is 9.38. The Labute approximate surface area is 211 Å². The summed E-state index contributed by atoms with van der Waals surface area (Å²) in [7, 11) is 0. The van der Waals surface area contributed by atoms with Gasteiger partial charge in [-0.3, -0.25) is 0 Å². The summed E-state index contributed by atoms with van der Waals surface area (Å²) in [5, 5.41) is 18.6. The fourth-order valence-electron chi connectivity index (χ4n) is 3.96. The molecule has 0 aromatic heterocycles. The number of hydrogen-bond donors (Lipinski definition) is 2. The summed E-state index contributed by atoms with van der Waals surface area (Å²) in [4.78, 5) is 0. The molecule has 1 atom stereocenters. The minimum Gasteiger partial charge on any atom is -0.394 e. The van der Waals surface area contributed by atoms with Gasteiger partial charge < -0.3 is 29.2 Å². The zero-order chi connectivity index (χ0) is 24.8. The highest BCUT2D eigenvalue weighted by molar-refractivity contribution is 4.55. The lowest BCUT2D eigenvalue weighted by Crippen LogP contribution is -2.18. The van der Waals surface area contributed by atoms with Crippen LogP contribution in [-0.4, -0.2) is 75.8 Å². The number of hydrogen-bond acceptors (Lipinski definition) is 6. The highest BCUT2D eigenvalue weighted by Crippen LogP contribution is 2.14. The molecule has 0 aliphatic carbocycles. The van der Waals surface area contributed by atoms with Gasteiger partial charge in [0, 0.05) is 0 Å². The van der Waals surface area contributed by atoms with E-state index in [1.165, 1.54) is 96.3 Å². The highest BCUT2D eigenvalue weighted by Gasteiger charge is 2.04. The van der Waals surface area contributed by atoms with Crippen LogP contribution in [0.4, 0.5) is 0 Å². The number of unbranched alkanes of at least 4 members (excludes halogenated alkanes) is 15. The first kappa shape index (κ1) is 33.8. The van der Waals surface area contributed by atoms with Crippen molar-refractivity contribution in [1.29, 1.82) is 0 Å². The summed E-state index contributed by atoms with van der Waals surface area (Å²) in [6.45, 7) is 6.09. The first-order chi connectivity index (χ1) is 16.8. The fraction of sp³-hybridized carbons (Fsp3) is 1.00. The van der Waals surface area contributed by atoms with Crippen molar-refractivity contribution in [3.05, 3.63) is 0 Å². The molecular weight excluding hydrogens is 432 g/mol. The third kappa shape index (κ3) is 29.8. The van der Waals surface area contributed by atoms with Crippen LogP contribution in [-0.2, 0) is 18.9 Å². The predicted octanol–water partition coefficient (Wildman–Crippen LogP) is 6.06. The molecule has 0 saturated heterocycles. The number of aliphatic hydroxyl groups is 2. The summed E-state index contributed by atoms with van der Waals surface area (Å²) < 4.78 is 21.3. The fourth-order valence-corrected chi connectivity index (χ4v) is 3.96. The predicted molar refractivity (Wildman–Crippen MR) is 141 cm³/mol. The molecule has 0 bridgehead atoms. The Morgan fingerprint density at radius 3 is 1.24 bits per heavy atom. The van der Waals surface area contributed by atoms with Crippen LogP contribution in [0.1, 0.15) is 116 Å². The van der Waals surface area contributed by atoms with Crippen LogP contribution in [0.3, 0.4) is 0 Å². The number of aliphatic hydroxyl groups excluding tert-OH is 2. The van der Waals surface area contributed by atoms with Crippen LogP contribution in [0.15, 0.2) is 0 Å². The van der Waals surface area contributed by atoms with Crippen LogP contribution in [0, 0.1) is 0 Å². The van der Waals surface area contributed by atoms with Gasteiger partial charge in [0.05, 0.1) is 65.6 Å². The van der Waals surface area contributed by atoms with E-state index < -0.39 is 0 Å². The third-order valence-corrected chi connectivity index (χ3v) is 6.05. The second-order valence-electron chi connectivity index (χ2n) is 9.38. The van der Waals surface area contributed by atoms with Gasteiger partial charge in [0.1, 0.15) is 0 Å². The van der Waals surface area contributed by atoms with Crippen LogP contribution in [0.25, 0.3) is 0 Å². The van der Waals surface area contributed by atoms with Crippen molar-refractivity contribution in [2.45, 2.75) is 122 Å². The van der Waals surface area contributed by atoms with Crippen molar-refractivity contribution in [1.82, 2.24) is 0 Å². The molecule has 0 rings (SSSR count). The summed E-state index contributed by atoms with van der Waals surface area (Å²) in [5.74, 6) is 0. The van der Waals surface area contributed by atoms with Crippen molar-refractivity contribution >= 4 is 0 Å². The molecule has 0 amide bonds. The quantitative estimate of drug-likeness (QED) is 0.119. The van der Waals surface area contributed by atoms with Crippen molar-refractivity contribution in [2.75, 3.05) is 59.5 Å². The first-order valence-electron chi connectivity index (χ1n) is 14.4. The Morgan fingerprint density at radius 1 is 0.471 bits per heavy atom. The zero-order valence-electron chi connectivity index (χ0n) is 22.5. The molecule has 0 heterocycles. The smallest absolute Gasteiger partial charge is 0.0773 e. The highest BCUT2D eigenvalue weighted by atomic mass is 16.6. The Bertz CT molecular complexity index is 356. The molecule has 34 heavy (non-hydrogen) atoms. The summed E-state index contributed by atoms with van der Waals surface area (Å²) in [6, 6.07) is 0. The second kappa shape index (κ2) is 30.8. The standard InChI is InChI=1S/C28H58O6/c1-2-3-4-5-6-7-8-9-10-11-12-13-14-15-16-17-18-28(30)27-34-26-25-33-24-23-32-22-21-31-20-19-29/h28-30H,2-27H2,1H3. The molecule has 0 aromatic carbocycles. The van der Waals surface area contributed by atoms with Crippen molar-refractivity contribution in [2.24, 2.45) is 0 Å². The van der Waals surface area contributed by atoms with E-state index in [-0.39, 0.29) is 12.7 Å². The molecule has 2 N–H and O–H groups in total. The molecule has 1 unspecified atom stereocenters. The normalized spacial score (nSPS) is 12.4. The molecule has 0 spiro atoms. The largest absolute Gasteiger partial charge is 0.394 e. The Kier molecular flexibility index (Phi) is 30.6. The van der Waals surface area contributed by atoms with E-state index in [0.717, 1.165) is 12.8 Å². The van der Waals surface area contributed by atoms with Crippen molar-refractivity contribution < 1.29 is 29.2 Å². The van der Waals surface area contributed by atoms with Gasteiger partial charge in [0.2, 0.25) is 0 Å². The molecule has 0 radical (unpaired) electrons. The molecule has 6 heteroatoms. The van der Waals surface area contributed by atoms with E-state index in [4.69, 9.17) is 24.1 Å². The van der Waals surface area contributed by atoms with Crippen LogP contribution in [0.5, 0.6) is 0 Å². The van der Waals surface area contributed by atoms with E-state index in [0.29, 0.717) is 52.9 Å². The summed E-state index contributed by atoms with van der Waals surface area (Å²) in [5.41, 5.74) is 0. The van der Waals surface area contributed by atoms with Crippen molar-refractivity contribution in [3.63, 3.8) is 0 Å². The average molecular weight is 491 g/mol. The minimum atomic E-state index is -0.367. The van der Waals surface area contributed by atoms with Gasteiger partial charge in [-0.15, -0.1) is 0 Å². The Balaban J connectivity index is 3.13. The van der Waals surface area contributed by atoms with Gasteiger partial charge >= 0.3 is 0 Å². The maximum Gasteiger partial charge on any atom is 0.0773 e. The van der Waals surface area contributed by atoms with Crippen molar-refractivity contribution in [3.8, 4) is 0 Å². The van der Waals surface area contributed by atoms with E-state index in [1.807, 2.05) is 0 Å². The lowest BCUT2D eigenvalue weighted by molar-refractivity contribution is -0.0197. The lowest BCUT2D eigenvalue weighted by Gasteiger charge is -2.11. The molecule has 0 aliphatic heterocycles. The maximum atomic E-state index is 10.0. The molecule has 0 fully saturated rings. The minimum absolute atomic E-state index is 0.0390. The van der Waals surface area contributed by atoms with Crippen LogP contribution < -0.4 is 0 Å². The molecular formula is C28H58O6. The van der Waals surface area contributed by atoms with Crippen LogP contribution >= 0.6 is 0 Å². The zero-order valence-corrected chi connectivity index (χ0v) is 22.5. The Hall–Kier alpha value is -0.240. The molecule has 0 saturated carbocycles. The first-order valence-corrected chi connectivity index (χ1v) is 14.4. The van der Waals surface area contributed by atoms with Gasteiger partial charge in [-0.2, -0.15) is 0 Å². The van der Waals surface area contributed by atoms with E-state index in [9.17, 15) is 5.11 Å².